The van der Waals surface area contributed by atoms with E-state index >= 15 is 0 Å². The van der Waals surface area contributed by atoms with Crippen molar-refractivity contribution in [3.63, 3.8) is 0 Å². The standard InChI is InChI=1S/C26H24N4O2S2/c1-32-20-11-12-21-23(16-20)33-25(29-21)27-14-13-17-7-9-19(10-8-17)28-26-30-22(24(31)34-26)15-18-5-3-2-4-6-18/h2-12,16,22H,13-15H2,1H3,(H,27,29)(H,28,30)/t22-/m0/s1. The first-order valence-corrected chi connectivity index (χ1v) is 12.7. The molecule has 2 N–H and O–H groups in total. The first kappa shape index (κ1) is 22.4. The third-order valence-electron chi connectivity index (χ3n) is 5.51. The molecule has 8 heteroatoms. The van der Waals surface area contributed by atoms with E-state index in [4.69, 9.17) is 4.74 Å². The summed E-state index contributed by atoms with van der Waals surface area (Å²) in [7, 11) is 1.67. The Hall–Kier alpha value is -3.36. The SMILES string of the molecule is COc1ccc2nc(NCCc3ccc(/N=C4/N[C@@H](Cc5ccccc5)C(=O)S4)cc3)sc2c1. The van der Waals surface area contributed by atoms with Crippen molar-refractivity contribution in [2.45, 2.75) is 18.9 Å². The predicted molar refractivity (Wildman–Crippen MR) is 142 cm³/mol. The van der Waals surface area contributed by atoms with Gasteiger partial charge in [0.05, 0.1) is 23.0 Å². The molecule has 1 atom stereocenters. The molecule has 1 fully saturated rings. The van der Waals surface area contributed by atoms with Crippen molar-refractivity contribution < 1.29 is 9.53 Å². The zero-order valence-corrected chi connectivity index (χ0v) is 20.3. The number of carbonyl (C=O) groups is 1. The maximum Gasteiger partial charge on any atom is 0.219 e. The van der Waals surface area contributed by atoms with Crippen LogP contribution in [-0.2, 0) is 17.6 Å². The second-order valence-corrected chi connectivity index (χ2v) is 9.94. The number of benzene rings is 3. The van der Waals surface area contributed by atoms with Gasteiger partial charge in [-0.3, -0.25) is 4.79 Å². The first-order chi connectivity index (χ1) is 16.7. The Morgan fingerprint density at radius 3 is 2.68 bits per heavy atom. The smallest absolute Gasteiger partial charge is 0.219 e. The van der Waals surface area contributed by atoms with Gasteiger partial charge in [0.15, 0.2) is 10.3 Å². The van der Waals surface area contributed by atoms with Gasteiger partial charge in [-0.05, 0) is 59.6 Å². The molecule has 0 bridgehead atoms. The maximum atomic E-state index is 12.4. The molecule has 0 amide bonds. The van der Waals surface area contributed by atoms with E-state index in [1.165, 1.54) is 17.3 Å². The summed E-state index contributed by atoms with van der Waals surface area (Å²) in [6.45, 7) is 0.790. The number of amidine groups is 1. The topological polar surface area (TPSA) is 75.6 Å². The third-order valence-corrected chi connectivity index (χ3v) is 7.38. The summed E-state index contributed by atoms with van der Waals surface area (Å²) in [5, 5.41) is 8.35. The molecule has 5 rings (SSSR count). The van der Waals surface area contributed by atoms with Crippen molar-refractivity contribution >= 4 is 54.4 Å². The number of aliphatic imine (C=N–C) groups is 1. The lowest BCUT2D eigenvalue weighted by atomic mass is 10.1. The van der Waals surface area contributed by atoms with E-state index in [2.05, 4.69) is 32.7 Å². The highest BCUT2D eigenvalue weighted by molar-refractivity contribution is 8.27. The molecule has 34 heavy (non-hydrogen) atoms. The molecule has 0 unspecified atom stereocenters. The summed E-state index contributed by atoms with van der Waals surface area (Å²) < 4.78 is 6.39. The Balaban J connectivity index is 1.14. The van der Waals surface area contributed by atoms with Crippen LogP contribution in [0.25, 0.3) is 10.2 Å². The van der Waals surface area contributed by atoms with Gasteiger partial charge < -0.3 is 15.4 Å². The van der Waals surface area contributed by atoms with E-state index in [1.807, 2.05) is 60.7 Å². The zero-order chi connectivity index (χ0) is 23.3. The van der Waals surface area contributed by atoms with Crippen LogP contribution in [0.2, 0.25) is 0 Å². The molecule has 0 aliphatic carbocycles. The Bertz CT molecular complexity index is 1320. The van der Waals surface area contributed by atoms with Gasteiger partial charge in [0.25, 0.3) is 0 Å². The summed E-state index contributed by atoms with van der Waals surface area (Å²) in [6.07, 6.45) is 1.54. The predicted octanol–water partition coefficient (Wildman–Crippen LogP) is 5.42. The fourth-order valence-electron chi connectivity index (χ4n) is 3.72. The molecular formula is C26H24N4O2S2. The second-order valence-electron chi connectivity index (χ2n) is 7.92. The van der Waals surface area contributed by atoms with E-state index in [-0.39, 0.29) is 11.2 Å². The summed E-state index contributed by atoms with van der Waals surface area (Å²) in [5.74, 6) is 0.841. The van der Waals surface area contributed by atoms with Crippen LogP contribution < -0.4 is 15.4 Å². The molecule has 0 radical (unpaired) electrons. The highest BCUT2D eigenvalue weighted by Gasteiger charge is 2.29. The highest BCUT2D eigenvalue weighted by Crippen LogP contribution is 2.29. The monoisotopic (exact) mass is 488 g/mol. The Labute approximate surface area is 206 Å². The average molecular weight is 489 g/mol. The van der Waals surface area contributed by atoms with Crippen LogP contribution in [0.5, 0.6) is 5.75 Å². The van der Waals surface area contributed by atoms with Gasteiger partial charge in [-0.25, -0.2) is 9.98 Å². The number of nitrogens with zero attached hydrogens (tertiary/aromatic N) is 2. The molecule has 3 aromatic carbocycles. The van der Waals surface area contributed by atoms with Crippen molar-refractivity contribution in [1.82, 2.24) is 10.3 Å². The van der Waals surface area contributed by atoms with Gasteiger partial charge in [0.2, 0.25) is 5.12 Å². The van der Waals surface area contributed by atoms with Crippen molar-refractivity contribution in [2.75, 3.05) is 19.0 Å². The highest BCUT2D eigenvalue weighted by atomic mass is 32.2. The minimum atomic E-state index is -0.236. The number of fused-ring (bicyclic) bond motifs is 1. The fraction of sp³-hybridized carbons (Fsp3) is 0.192. The molecule has 6 nitrogen and oxygen atoms in total. The van der Waals surface area contributed by atoms with Crippen molar-refractivity contribution in [3.05, 3.63) is 83.9 Å². The van der Waals surface area contributed by atoms with Gasteiger partial charge >= 0.3 is 0 Å². The molecule has 0 saturated carbocycles. The van der Waals surface area contributed by atoms with E-state index < -0.39 is 0 Å². The van der Waals surface area contributed by atoms with Gasteiger partial charge in [-0.2, -0.15) is 0 Å². The normalized spacial score (nSPS) is 16.7. The Kier molecular flexibility index (Phi) is 6.78. The van der Waals surface area contributed by atoms with Crippen LogP contribution in [0.3, 0.4) is 0 Å². The Morgan fingerprint density at radius 1 is 1.06 bits per heavy atom. The zero-order valence-electron chi connectivity index (χ0n) is 18.7. The summed E-state index contributed by atoms with van der Waals surface area (Å²) in [6, 6.07) is 23.8. The summed E-state index contributed by atoms with van der Waals surface area (Å²) >= 11 is 2.81. The van der Waals surface area contributed by atoms with Gasteiger partial charge in [0.1, 0.15) is 11.8 Å². The van der Waals surface area contributed by atoms with Gasteiger partial charge in [-0.15, -0.1) is 0 Å². The quantitative estimate of drug-likeness (QED) is 0.345. The number of anilines is 1. The van der Waals surface area contributed by atoms with Crippen LogP contribution in [0, 0.1) is 0 Å². The lowest BCUT2D eigenvalue weighted by molar-refractivity contribution is -0.112. The van der Waals surface area contributed by atoms with Crippen molar-refractivity contribution in [3.8, 4) is 5.75 Å². The minimum absolute atomic E-state index is 0.110. The van der Waals surface area contributed by atoms with E-state index in [0.29, 0.717) is 11.6 Å². The molecular weight excluding hydrogens is 464 g/mol. The molecule has 1 aliphatic heterocycles. The molecule has 4 aromatic rings. The number of ether oxygens (including phenoxy) is 1. The van der Waals surface area contributed by atoms with Gasteiger partial charge in [0, 0.05) is 13.0 Å². The van der Waals surface area contributed by atoms with Gasteiger partial charge in [-0.1, -0.05) is 53.8 Å². The number of carbonyl (C=O) groups excluding carboxylic acids is 1. The molecule has 1 aromatic heterocycles. The second kappa shape index (κ2) is 10.3. The molecule has 1 aliphatic rings. The molecule has 0 spiro atoms. The number of thiazole rings is 1. The number of hydrogen-bond acceptors (Lipinski definition) is 7. The van der Waals surface area contributed by atoms with Crippen LogP contribution in [0.4, 0.5) is 10.8 Å². The lowest BCUT2D eigenvalue weighted by Gasteiger charge is -2.08. The van der Waals surface area contributed by atoms with Crippen LogP contribution in [0.1, 0.15) is 11.1 Å². The minimum Gasteiger partial charge on any atom is -0.497 e. The number of rotatable bonds is 8. The van der Waals surface area contributed by atoms with E-state index in [9.17, 15) is 4.79 Å². The fourth-order valence-corrected chi connectivity index (χ4v) is 5.47. The number of hydrogen-bond donors (Lipinski definition) is 2. The first-order valence-electron chi connectivity index (χ1n) is 11.0. The van der Waals surface area contributed by atoms with Crippen LogP contribution in [0.15, 0.2) is 77.8 Å². The number of thioether (sulfide) groups is 1. The Morgan fingerprint density at radius 2 is 1.88 bits per heavy atom. The average Bonchev–Trinajstić information content (AvgIpc) is 3.42. The number of methoxy groups -OCH3 is 1. The lowest BCUT2D eigenvalue weighted by Crippen LogP contribution is -2.31. The molecule has 172 valence electrons. The van der Waals surface area contributed by atoms with Crippen molar-refractivity contribution in [1.29, 1.82) is 0 Å². The van der Waals surface area contributed by atoms with E-state index in [1.54, 1.807) is 18.4 Å². The molecule has 2 heterocycles. The third kappa shape index (κ3) is 5.40. The maximum absolute atomic E-state index is 12.4. The van der Waals surface area contributed by atoms with Crippen molar-refractivity contribution in [2.24, 2.45) is 4.99 Å². The van der Waals surface area contributed by atoms with E-state index in [0.717, 1.165) is 45.3 Å². The largest absolute Gasteiger partial charge is 0.497 e. The number of nitrogens with one attached hydrogen (secondary N) is 2. The summed E-state index contributed by atoms with van der Waals surface area (Å²) in [5.41, 5.74) is 4.16. The molecule has 1 saturated heterocycles. The summed E-state index contributed by atoms with van der Waals surface area (Å²) in [4.78, 5) is 21.6. The van der Waals surface area contributed by atoms with Crippen LogP contribution in [-0.4, -0.2) is 35.0 Å². The van der Waals surface area contributed by atoms with Crippen LogP contribution >= 0.6 is 23.1 Å². The number of aromatic nitrogens is 1.